The molecule has 0 amide bonds. The van der Waals surface area contributed by atoms with E-state index in [0.717, 1.165) is 10.6 Å². The fourth-order valence-corrected chi connectivity index (χ4v) is 3.47. The molecule has 0 aliphatic rings. The number of rotatable bonds is 9. The second kappa shape index (κ2) is 8.76. The Bertz CT molecular complexity index is 420. The fraction of sp³-hybridized carbons (Fsp3) is 0.625. The Morgan fingerprint density at radius 1 is 1.29 bits per heavy atom. The molecule has 21 heavy (non-hydrogen) atoms. The highest BCUT2D eigenvalue weighted by molar-refractivity contribution is 7.99. The lowest BCUT2D eigenvalue weighted by Crippen LogP contribution is -2.40. The predicted octanol–water partition coefficient (Wildman–Crippen LogP) is 2.63. The van der Waals surface area contributed by atoms with E-state index in [1.165, 1.54) is 19.3 Å². The Labute approximate surface area is 131 Å². The van der Waals surface area contributed by atoms with Crippen molar-refractivity contribution in [3.63, 3.8) is 0 Å². The van der Waals surface area contributed by atoms with Gasteiger partial charge in [-0.25, -0.2) is 0 Å². The smallest absolute Gasteiger partial charge is 0.222 e. The first-order valence-corrected chi connectivity index (χ1v) is 8.48. The number of aliphatic hydroxyl groups is 3. The Morgan fingerprint density at radius 2 is 2.00 bits per heavy atom. The molecular weight excluding hydrogens is 286 g/mol. The molecule has 1 aromatic rings. The zero-order chi connectivity index (χ0) is 15.9. The van der Waals surface area contributed by atoms with E-state index in [4.69, 9.17) is 15.9 Å². The monoisotopic (exact) mass is 313 g/mol. The SMILES string of the molecule is CCCC(CC)CSc1cccc(C(O)CC(N)(O)O)c1. The summed E-state index contributed by atoms with van der Waals surface area (Å²) >= 11 is 1.78. The van der Waals surface area contributed by atoms with Crippen LogP contribution in [-0.4, -0.2) is 27.0 Å². The second-order valence-electron chi connectivity index (χ2n) is 5.54. The second-order valence-corrected chi connectivity index (χ2v) is 6.64. The molecule has 0 bridgehead atoms. The third-order valence-electron chi connectivity index (χ3n) is 3.50. The van der Waals surface area contributed by atoms with Gasteiger partial charge < -0.3 is 15.3 Å². The minimum Gasteiger partial charge on any atom is -0.388 e. The summed E-state index contributed by atoms with van der Waals surface area (Å²) < 4.78 is 0. The Hall–Kier alpha value is -0.590. The molecule has 2 unspecified atom stereocenters. The van der Waals surface area contributed by atoms with Crippen LogP contribution in [0.4, 0.5) is 0 Å². The first-order valence-electron chi connectivity index (χ1n) is 7.50. The van der Waals surface area contributed by atoms with Crippen molar-refractivity contribution in [1.82, 2.24) is 0 Å². The van der Waals surface area contributed by atoms with Gasteiger partial charge in [0.25, 0.3) is 0 Å². The van der Waals surface area contributed by atoms with Crippen LogP contribution in [0.5, 0.6) is 0 Å². The zero-order valence-corrected chi connectivity index (χ0v) is 13.6. The summed E-state index contributed by atoms with van der Waals surface area (Å²) in [5.74, 6) is -0.581. The molecule has 1 aromatic carbocycles. The number of thioether (sulfide) groups is 1. The molecule has 0 heterocycles. The summed E-state index contributed by atoms with van der Waals surface area (Å²) in [6.45, 7) is 4.41. The number of hydrogen-bond acceptors (Lipinski definition) is 5. The average molecular weight is 313 g/mol. The van der Waals surface area contributed by atoms with Crippen molar-refractivity contribution in [2.45, 2.75) is 56.4 Å². The fourth-order valence-electron chi connectivity index (χ4n) is 2.24. The molecule has 2 atom stereocenters. The first kappa shape index (κ1) is 18.5. The molecule has 0 radical (unpaired) electrons. The van der Waals surface area contributed by atoms with Gasteiger partial charge in [-0.1, -0.05) is 38.8 Å². The third kappa shape index (κ3) is 7.29. The highest BCUT2D eigenvalue weighted by atomic mass is 32.2. The molecule has 5 heteroatoms. The Balaban J connectivity index is 2.63. The average Bonchev–Trinajstić information content (AvgIpc) is 2.42. The van der Waals surface area contributed by atoms with Gasteiger partial charge in [0.15, 0.2) is 0 Å². The lowest BCUT2D eigenvalue weighted by atomic mass is 10.0. The van der Waals surface area contributed by atoms with E-state index in [9.17, 15) is 5.11 Å². The van der Waals surface area contributed by atoms with Crippen LogP contribution in [0.1, 0.15) is 51.2 Å². The molecule has 0 aromatic heterocycles. The quantitative estimate of drug-likeness (QED) is 0.416. The highest BCUT2D eigenvalue weighted by Crippen LogP contribution is 2.28. The molecule has 1 rings (SSSR count). The number of hydrogen-bond donors (Lipinski definition) is 4. The first-order chi connectivity index (χ1) is 9.85. The summed E-state index contributed by atoms with van der Waals surface area (Å²) in [4.78, 5) is 1.08. The van der Waals surface area contributed by atoms with E-state index in [1.807, 2.05) is 18.2 Å². The van der Waals surface area contributed by atoms with Gasteiger partial charge >= 0.3 is 0 Å². The van der Waals surface area contributed by atoms with Crippen molar-refractivity contribution in [2.75, 3.05) is 5.75 Å². The van der Waals surface area contributed by atoms with Crippen LogP contribution in [0.25, 0.3) is 0 Å². The predicted molar refractivity (Wildman–Crippen MR) is 86.8 cm³/mol. The van der Waals surface area contributed by atoms with Gasteiger partial charge in [-0.15, -0.1) is 11.8 Å². The van der Waals surface area contributed by atoms with E-state index in [2.05, 4.69) is 13.8 Å². The van der Waals surface area contributed by atoms with Crippen LogP contribution >= 0.6 is 11.8 Å². The van der Waals surface area contributed by atoms with Gasteiger partial charge in [0.1, 0.15) is 0 Å². The lowest BCUT2D eigenvalue weighted by Gasteiger charge is -2.20. The van der Waals surface area contributed by atoms with Crippen LogP contribution in [0.15, 0.2) is 29.2 Å². The van der Waals surface area contributed by atoms with E-state index in [-0.39, 0.29) is 6.42 Å². The van der Waals surface area contributed by atoms with Gasteiger partial charge in [0, 0.05) is 17.1 Å². The van der Waals surface area contributed by atoms with Gasteiger partial charge in [0.05, 0.1) is 6.10 Å². The van der Waals surface area contributed by atoms with Crippen LogP contribution < -0.4 is 5.73 Å². The van der Waals surface area contributed by atoms with Crippen molar-refractivity contribution in [1.29, 1.82) is 0 Å². The van der Waals surface area contributed by atoms with Crippen molar-refractivity contribution in [2.24, 2.45) is 11.7 Å². The highest BCUT2D eigenvalue weighted by Gasteiger charge is 2.22. The molecule has 0 spiro atoms. The number of benzene rings is 1. The summed E-state index contributed by atoms with van der Waals surface area (Å²) in [7, 11) is 0. The molecule has 0 saturated heterocycles. The number of nitrogens with two attached hydrogens (primary N) is 1. The molecular formula is C16H27NO3S. The lowest BCUT2D eigenvalue weighted by molar-refractivity contribution is -0.176. The van der Waals surface area contributed by atoms with Crippen molar-refractivity contribution < 1.29 is 15.3 Å². The van der Waals surface area contributed by atoms with Crippen LogP contribution in [0, 0.1) is 5.92 Å². The van der Waals surface area contributed by atoms with Gasteiger partial charge in [-0.05, 0) is 30.0 Å². The van der Waals surface area contributed by atoms with E-state index < -0.39 is 12.0 Å². The summed E-state index contributed by atoms with van der Waals surface area (Å²) in [6, 6.07) is 7.53. The normalized spacial score (nSPS) is 15.0. The van der Waals surface area contributed by atoms with Crippen LogP contribution in [0.3, 0.4) is 0 Å². The zero-order valence-electron chi connectivity index (χ0n) is 12.8. The molecule has 4 nitrogen and oxygen atoms in total. The maximum atomic E-state index is 9.98. The van der Waals surface area contributed by atoms with Crippen molar-refractivity contribution >= 4 is 11.8 Å². The van der Waals surface area contributed by atoms with E-state index in [1.54, 1.807) is 17.8 Å². The summed E-state index contributed by atoms with van der Waals surface area (Å²) in [6.07, 6.45) is 2.31. The van der Waals surface area contributed by atoms with E-state index in [0.29, 0.717) is 11.5 Å². The largest absolute Gasteiger partial charge is 0.388 e. The van der Waals surface area contributed by atoms with Gasteiger partial charge in [0.2, 0.25) is 5.91 Å². The van der Waals surface area contributed by atoms with Gasteiger partial charge in [-0.2, -0.15) is 0 Å². The van der Waals surface area contributed by atoms with Gasteiger partial charge in [-0.3, -0.25) is 5.73 Å². The standard InChI is InChI=1S/C16H27NO3S/c1-3-6-12(4-2)11-21-14-8-5-7-13(9-14)15(18)10-16(17,19)20/h5,7-9,12,15,18-20H,3-4,6,10-11,17H2,1-2H3. The summed E-state index contributed by atoms with van der Waals surface area (Å²) in [5.41, 5.74) is 5.76. The van der Waals surface area contributed by atoms with Crippen molar-refractivity contribution in [3.05, 3.63) is 29.8 Å². The molecule has 0 saturated carbocycles. The minimum absolute atomic E-state index is 0.311. The third-order valence-corrected chi connectivity index (χ3v) is 4.72. The summed E-state index contributed by atoms with van der Waals surface area (Å²) in [5, 5.41) is 28.3. The maximum Gasteiger partial charge on any atom is 0.222 e. The molecule has 0 aliphatic heterocycles. The van der Waals surface area contributed by atoms with Crippen LogP contribution in [-0.2, 0) is 0 Å². The minimum atomic E-state index is -2.35. The Kier molecular flexibility index (Phi) is 7.70. The maximum absolute atomic E-state index is 9.98. The molecule has 0 fully saturated rings. The van der Waals surface area contributed by atoms with Crippen molar-refractivity contribution in [3.8, 4) is 0 Å². The number of aliphatic hydroxyl groups excluding tert-OH is 1. The molecule has 120 valence electrons. The Morgan fingerprint density at radius 3 is 2.57 bits per heavy atom. The van der Waals surface area contributed by atoms with Crippen LogP contribution in [0.2, 0.25) is 0 Å². The topological polar surface area (TPSA) is 86.7 Å². The molecule has 0 aliphatic carbocycles. The molecule has 5 N–H and O–H groups in total. The van der Waals surface area contributed by atoms with E-state index >= 15 is 0 Å².